The number of carbonyl (C=O) groups is 1. The highest BCUT2D eigenvalue weighted by Gasteiger charge is 2.27. The predicted molar refractivity (Wildman–Crippen MR) is 87.0 cm³/mol. The Balaban J connectivity index is 1.86. The molecule has 1 amide bonds. The summed E-state index contributed by atoms with van der Waals surface area (Å²) in [5.74, 6) is 0.467. The average molecular weight is 305 g/mol. The van der Waals surface area contributed by atoms with E-state index >= 15 is 0 Å². The number of fused-ring (bicyclic) bond motifs is 2. The van der Waals surface area contributed by atoms with Crippen LogP contribution >= 0.6 is 0 Å². The maximum absolute atomic E-state index is 12.7. The minimum atomic E-state index is -0.295. The third-order valence-electron chi connectivity index (χ3n) is 4.12. The summed E-state index contributed by atoms with van der Waals surface area (Å²) >= 11 is 0. The molecule has 1 aliphatic heterocycles. The predicted octanol–water partition coefficient (Wildman–Crippen LogP) is 1.81. The average Bonchev–Trinajstić information content (AvgIpc) is 2.57. The lowest BCUT2D eigenvalue weighted by Gasteiger charge is -2.27. The minimum Gasteiger partial charge on any atom is -0.344 e. The van der Waals surface area contributed by atoms with Crippen LogP contribution in [0.2, 0.25) is 0 Å². The van der Waals surface area contributed by atoms with Crippen molar-refractivity contribution in [2.45, 2.75) is 19.0 Å². The standard InChI is InChI=1S/C18H15N3O2/c22-16-11-21-17(15(19-16)10-12-6-2-1-3-7-12)20-14-9-5-4-8-13(14)18(21)23/h1-9,15H,10-11H2,(H,19,22)/t15-/m0/s1. The van der Waals surface area contributed by atoms with Crippen LogP contribution in [0.15, 0.2) is 59.4 Å². The molecule has 2 heterocycles. The van der Waals surface area contributed by atoms with Gasteiger partial charge in [-0.25, -0.2) is 4.98 Å². The molecule has 1 atom stereocenters. The Labute approximate surface area is 132 Å². The first kappa shape index (κ1) is 13.7. The van der Waals surface area contributed by atoms with E-state index in [0.717, 1.165) is 5.56 Å². The van der Waals surface area contributed by atoms with Crippen LogP contribution in [0.1, 0.15) is 17.4 Å². The second-order valence-electron chi connectivity index (χ2n) is 5.69. The number of para-hydroxylation sites is 1. The van der Waals surface area contributed by atoms with E-state index in [-0.39, 0.29) is 24.1 Å². The molecule has 0 bridgehead atoms. The van der Waals surface area contributed by atoms with Crippen LogP contribution in [0.4, 0.5) is 0 Å². The van der Waals surface area contributed by atoms with Crippen molar-refractivity contribution in [2.24, 2.45) is 0 Å². The quantitative estimate of drug-likeness (QED) is 0.785. The van der Waals surface area contributed by atoms with Crippen LogP contribution in [0.3, 0.4) is 0 Å². The third-order valence-corrected chi connectivity index (χ3v) is 4.12. The Morgan fingerprint density at radius 2 is 1.78 bits per heavy atom. The Morgan fingerprint density at radius 3 is 2.61 bits per heavy atom. The lowest BCUT2D eigenvalue weighted by Crippen LogP contribution is -2.45. The largest absolute Gasteiger partial charge is 0.344 e. The second kappa shape index (κ2) is 5.35. The fourth-order valence-electron chi connectivity index (χ4n) is 3.04. The van der Waals surface area contributed by atoms with Gasteiger partial charge in [0.1, 0.15) is 12.4 Å². The fourth-order valence-corrected chi connectivity index (χ4v) is 3.04. The van der Waals surface area contributed by atoms with Crippen molar-refractivity contribution in [2.75, 3.05) is 0 Å². The van der Waals surface area contributed by atoms with E-state index in [4.69, 9.17) is 0 Å². The summed E-state index contributed by atoms with van der Waals surface area (Å²) in [5.41, 5.74) is 1.60. The molecule has 5 heteroatoms. The fraction of sp³-hybridized carbons (Fsp3) is 0.167. The van der Waals surface area contributed by atoms with Crippen molar-refractivity contribution in [1.82, 2.24) is 14.9 Å². The summed E-state index contributed by atoms with van der Waals surface area (Å²) in [5, 5.41) is 3.50. The number of nitrogens with zero attached hydrogens (tertiary/aromatic N) is 2. The van der Waals surface area contributed by atoms with Gasteiger partial charge in [-0.05, 0) is 24.1 Å². The van der Waals surface area contributed by atoms with Crippen molar-refractivity contribution in [3.05, 3.63) is 76.3 Å². The number of amides is 1. The Morgan fingerprint density at radius 1 is 1.04 bits per heavy atom. The van der Waals surface area contributed by atoms with Crippen molar-refractivity contribution in [3.63, 3.8) is 0 Å². The maximum Gasteiger partial charge on any atom is 0.261 e. The number of rotatable bonds is 2. The molecule has 0 unspecified atom stereocenters. The van der Waals surface area contributed by atoms with E-state index in [0.29, 0.717) is 23.1 Å². The van der Waals surface area contributed by atoms with Crippen LogP contribution in [0.5, 0.6) is 0 Å². The number of hydrogen-bond donors (Lipinski definition) is 1. The topological polar surface area (TPSA) is 64.0 Å². The van der Waals surface area contributed by atoms with Gasteiger partial charge in [0.15, 0.2) is 0 Å². The van der Waals surface area contributed by atoms with E-state index in [1.807, 2.05) is 48.5 Å². The molecule has 3 aromatic rings. The molecule has 0 radical (unpaired) electrons. The van der Waals surface area contributed by atoms with E-state index in [1.165, 1.54) is 4.57 Å². The SMILES string of the molecule is O=C1Cn2c(nc3ccccc3c2=O)[C@H](Cc2ccccc2)N1. The Kier molecular flexibility index (Phi) is 3.19. The molecule has 5 nitrogen and oxygen atoms in total. The van der Waals surface area contributed by atoms with Crippen LogP contribution in [0, 0.1) is 0 Å². The highest BCUT2D eigenvalue weighted by Crippen LogP contribution is 2.21. The van der Waals surface area contributed by atoms with E-state index < -0.39 is 0 Å². The number of carbonyl (C=O) groups excluding carboxylic acids is 1. The molecule has 0 saturated heterocycles. The third kappa shape index (κ3) is 2.40. The molecular weight excluding hydrogens is 290 g/mol. The van der Waals surface area contributed by atoms with E-state index in [2.05, 4.69) is 10.3 Å². The van der Waals surface area contributed by atoms with Gasteiger partial charge in [0.05, 0.1) is 16.9 Å². The van der Waals surface area contributed by atoms with Crippen LogP contribution in [-0.4, -0.2) is 15.5 Å². The first-order valence-corrected chi connectivity index (χ1v) is 7.55. The van der Waals surface area contributed by atoms with Crippen molar-refractivity contribution in [1.29, 1.82) is 0 Å². The smallest absolute Gasteiger partial charge is 0.261 e. The molecule has 0 saturated carbocycles. The molecule has 1 aliphatic rings. The zero-order valence-corrected chi connectivity index (χ0v) is 12.4. The van der Waals surface area contributed by atoms with Gasteiger partial charge in [0.25, 0.3) is 5.56 Å². The molecule has 0 fully saturated rings. The zero-order valence-electron chi connectivity index (χ0n) is 12.4. The van der Waals surface area contributed by atoms with Gasteiger partial charge in [-0.3, -0.25) is 14.2 Å². The highest BCUT2D eigenvalue weighted by atomic mass is 16.2. The van der Waals surface area contributed by atoms with E-state index in [1.54, 1.807) is 6.07 Å². The first-order valence-electron chi connectivity index (χ1n) is 7.55. The van der Waals surface area contributed by atoms with Gasteiger partial charge >= 0.3 is 0 Å². The van der Waals surface area contributed by atoms with Gasteiger partial charge in [-0.1, -0.05) is 42.5 Å². The summed E-state index contributed by atoms with van der Waals surface area (Å²) in [4.78, 5) is 29.3. The van der Waals surface area contributed by atoms with Crippen molar-refractivity contribution < 1.29 is 4.79 Å². The number of nitrogens with one attached hydrogen (secondary N) is 1. The van der Waals surface area contributed by atoms with Gasteiger partial charge in [0.2, 0.25) is 5.91 Å². The summed E-state index contributed by atoms with van der Waals surface area (Å²) in [7, 11) is 0. The summed E-state index contributed by atoms with van der Waals surface area (Å²) < 4.78 is 1.49. The monoisotopic (exact) mass is 305 g/mol. The van der Waals surface area contributed by atoms with Crippen molar-refractivity contribution >= 4 is 16.8 Å². The summed E-state index contributed by atoms with van der Waals surface area (Å²) in [6, 6.07) is 16.8. The van der Waals surface area contributed by atoms with Gasteiger partial charge in [-0.2, -0.15) is 0 Å². The number of benzene rings is 2. The minimum absolute atomic E-state index is 0.0251. The van der Waals surface area contributed by atoms with Crippen LogP contribution < -0.4 is 10.9 Å². The van der Waals surface area contributed by atoms with Crippen LogP contribution in [-0.2, 0) is 17.8 Å². The van der Waals surface area contributed by atoms with Gasteiger partial charge in [-0.15, -0.1) is 0 Å². The molecule has 1 N–H and O–H groups in total. The normalized spacial score (nSPS) is 16.9. The van der Waals surface area contributed by atoms with E-state index in [9.17, 15) is 9.59 Å². The molecule has 4 rings (SSSR count). The molecule has 2 aromatic carbocycles. The Hall–Kier alpha value is -2.95. The number of aromatic nitrogens is 2. The van der Waals surface area contributed by atoms with Gasteiger partial charge in [0, 0.05) is 0 Å². The molecule has 114 valence electrons. The zero-order chi connectivity index (χ0) is 15.8. The Bertz CT molecular complexity index is 947. The highest BCUT2D eigenvalue weighted by molar-refractivity contribution is 5.80. The summed E-state index contributed by atoms with van der Waals surface area (Å²) in [6.45, 7) is 0.0251. The number of hydrogen-bond acceptors (Lipinski definition) is 3. The van der Waals surface area contributed by atoms with Gasteiger partial charge < -0.3 is 5.32 Å². The second-order valence-corrected chi connectivity index (χ2v) is 5.69. The molecule has 1 aromatic heterocycles. The molecular formula is C18H15N3O2. The first-order chi connectivity index (χ1) is 11.2. The molecule has 23 heavy (non-hydrogen) atoms. The maximum atomic E-state index is 12.7. The lowest BCUT2D eigenvalue weighted by molar-refractivity contribution is -0.123. The molecule has 0 aliphatic carbocycles. The molecule has 0 spiro atoms. The summed E-state index contributed by atoms with van der Waals surface area (Å²) in [6.07, 6.45) is 0.608. The lowest BCUT2D eigenvalue weighted by atomic mass is 10.0. The van der Waals surface area contributed by atoms with Crippen molar-refractivity contribution in [3.8, 4) is 0 Å². The van der Waals surface area contributed by atoms with Crippen LogP contribution in [0.25, 0.3) is 10.9 Å².